The van der Waals surface area contributed by atoms with E-state index in [1.54, 1.807) is 12.4 Å². The minimum Gasteiger partial charge on any atom is -0.489 e. The monoisotopic (exact) mass is 429 g/mol. The van der Waals surface area contributed by atoms with Gasteiger partial charge in [-0.2, -0.15) is 0 Å². The van der Waals surface area contributed by atoms with Crippen molar-refractivity contribution >= 4 is 5.91 Å². The maximum absolute atomic E-state index is 12.9. The molecule has 0 atom stereocenters. The number of rotatable bonds is 7. The zero-order valence-electron chi connectivity index (χ0n) is 18.9. The number of carbonyl (C=O) groups is 1. The third-order valence-corrected chi connectivity index (χ3v) is 5.94. The lowest BCUT2D eigenvalue weighted by Crippen LogP contribution is -2.48. The molecule has 0 radical (unpaired) electrons. The first-order valence-electron chi connectivity index (χ1n) is 11.3. The van der Waals surface area contributed by atoms with Gasteiger partial charge in [0.25, 0.3) is 5.91 Å². The summed E-state index contributed by atoms with van der Waals surface area (Å²) in [5.74, 6) is 1.39. The van der Waals surface area contributed by atoms with Gasteiger partial charge >= 0.3 is 0 Å². The smallest absolute Gasteiger partial charge is 0.253 e. The second-order valence-corrected chi connectivity index (χ2v) is 8.64. The highest BCUT2D eigenvalue weighted by atomic mass is 16.5. The Morgan fingerprint density at radius 2 is 1.66 bits per heavy atom. The van der Waals surface area contributed by atoms with Crippen LogP contribution in [0.4, 0.5) is 0 Å². The Kier molecular flexibility index (Phi) is 7.17. The second kappa shape index (κ2) is 10.4. The van der Waals surface area contributed by atoms with Crippen LogP contribution < -0.4 is 4.74 Å². The van der Waals surface area contributed by atoms with E-state index in [1.807, 2.05) is 41.3 Å². The van der Waals surface area contributed by atoms with Crippen LogP contribution in [-0.4, -0.2) is 46.9 Å². The molecule has 1 amide bonds. The van der Waals surface area contributed by atoms with Crippen molar-refractivity contribution in [3.8, 4) is 5.75 Å². The molecule has 0 saturated carbocycles. The van der Waals surface area contributed by atoms with Crippen molar-refractivity contribution in [3.05, 3.63) is 95.3 Å². The average Bonchev–Trinajstić information content (AvgIpc) is 2.84. The van der Waals surface area contributed by atoms with E-state index in [2.05, 4.69) is 48.0 Å². The minimum absolute atomic E-state index is 0.0877. The van der Waals surface area contributed by atoms with Crippen molar-refractivity contribution in [1.29, 1.82) is 0 Å². The summed E-state index contributed by atoms with van der Waals surface area (Å²) in [7, 11) is 0. The number of hydrogen-bond acceptors (Lipinski definition) is 4. The van der Waals surface area contributed by atoms with Crippen molar-refractivity contribution in [2.24, 2.45) is 0 Å². The first-order valence-corrected chi connectivity index (χ1v) is 11.3. The van der Waals surface area contributed by atoms with Crippen LogP contribution in [0.2, 0.25) is 0 Å². The number of aromatic nitrogens is 1. The van der Waals surface area contributed by atoms with Crippen LogP contribution >= 0.6 is 0 Å². The van der Waals surface area contributed by atoms with E-state index < -0.39 is 0 Å². The number of nitrogens with zero attached hydrogens (tertiary/aromatic N) is 3. The summed E-state index contributed by atoms with van der Waals surface area (Å²) >= 11 is 0. The van der Waals surface area contributed by atoms with Gasteiger partial charge in [-0.1, -0.05) is 44.2 Å². The molecule has 1 fully saturated rings. The van der Waals surface area contributed by atoms with Crippen molar-refractivity contribution in [2.45, 2.75) is 32.9 Å². The van der Waals surface area contributed by atoms with Crippen LogP contribution in [0.1, 0.15) is 46.8 Å². The fourth-order valence-corrected chi connectivity index (χ4v) is 3.90. The summed E-state index contributed by atoms with van der Waals surface area (Å²) < 4.78 is 5.79. The largest absolute Gasteiger partial charge is 0.489 e. The Bertz CT molecular complexity index is 993. The molecular weight excluding hydrogens is 398 g/mol. The predicted octanol–water partition coefficient (Wildman–Crippen LogP) is 4.74. The van der Waals surface area contributed by atoms with E-state index in [9.17, 15) is 4.79 Å². The summed E-state index contributed by atoms with van der Waals surface area (Å²) in [6, 6.07) is 20.2. The second-order valence-electron chi connectivity index (χ2n) is 8.64. The molecule has 2 heterocycles. The van der Waals surface area contributed by atoms with Gasteiger partial charge in [-0.05, 0) is 47.4 Å². The van der Waals surface area contributed by atoms with Crippen LogP contribution in [0.15, 0.2) is 73.1 Å². The number of benzene rings is 2. The molecule has 1 aromatic heterocycles. The predicted molar refractivity (Wildman–Crippen MR) is 127 cm³/mol. The summed E-state index contributed by atoms with van der Waals surface area (Å²) in [4.78, 5) is 21.4. The Morgan fingerprint density at radius 3 is 2.28 bits per heavy atom. The molecule has 1 aliphatic rings. The van der Waals surface area contributed by atoms with Crippen LogP contribution in [0.5, 0.6) is 5.75 Å². The number of carbonyl (C=O) groups excluding carboxylic acids is 1. The van der Waals surface area contributed by atoms with E-state index in [0.717, 1.165) is 44.0 Å². The number of amides is 1. The third kappa shape index (κ3) is 5.74. The molecule has 4 rings (SSSR count). The lowest BCUT2D eigenvalue weighted by Gasteiger charge is -2.34. The summed E-state index contributed by atoms with van der Waals surface area (Å²) in [6.45, 7) is 9.12. The molecule has 32 heavy (non-hydrogen) atoms. The van der Waals surface area contributed by atoms with Crippen molar-refractivity contribution < 1.29 is 9.53 Å². The quantitative estimate of drug-likeness (QED) is 0.544. The first kappa shape index (κ1) is 22.0. The zero-order valence-corrected chi connectivity index (χ0v) is 18.9. The molecule has 1 aliphatic heterocycles. The van der Waals surface area contributed by atoms with E-state index in [4.69, 9.17) is 4.74 Å². The average molecular weight is 430 g/mol. The van der Waals surface area contributed by atoms with Crippen molar-refractivity contribution in [3.63, 3.8) is 0 Å². The van der Waals surface area contributed by atoms with Gasteiger partial charge in [0.05, 0.1) is 0 Å². The normalized spacial score (nSPS) is 14.5. The molecule has 5 heteroatoms. The number of piperazine rings is 1. The topological polar surface area (TPSA) is 45.7 Å². The SMILES string of the molecule is CC(C)c1ccc(CN2CCN(C(=O)c3ccc(OCc4cccnc4)cc3)CC2)cc1. The van der Waals surface area contributed by atoms with Gasteiger partial charge in [0.1, 0.15) is 12.4 Å². The molecule has 0 spiro atoms. The van der Waals surface area contributed by atoms with E-state index in [0.29, 0.717) is 18.1 Å². The standard InChI is InChI=1S/C27H31N3O2/c1-21(2)24-7-5-22(6-8-24)19-29-14-16-30(17-15-29)27(31)25-9-11-26(12-10-25)32-20-23-4-3-13-28-18-23/h3-13,18,21H,14-17,19-20H2,1-2H3. The number of ether oxygens (including phenoxy) is 1. The van der Waals surface area contributed by atoms with Crippen LogP contribution in [0, 0.1) is 0 Å². The summed E-state index contributed by atoms with van der Waals surface area (Å²) in [5, 5.41) is 0. The van der Waals surface area contributed by atoms with Gasteiger partial charge in [0, 0.05) is 56.2 Å². The lowest BCUT2D eigenvalue weighted by atomic mass is 10.0. The van der Waals surface area contributed by atoms with E-state index >= 15 is 0 Å². The van der Waals surface area contributed by atoms with Crippen LogP contribution in [0.25, 0.3) is 0 Å². The number of hydrogen-bond donors (Lipinski definition) is 0. The van der Waals surface area contributed by atoms with Gasteiger partial charge in [-0.15, -0.1) is 0 Å². The molecule has 0 unspecified atom stereocenters. The summed E-state index contributed by atoms with van der Waals surface area (Å²) in [6.07, 6.45) is 3.53. The molecule has 5 nitrogen and oxygen atoms in total. The maximum Gasteiger partial charge on any atom is 0.253 e. The van der Waals surface area contributed by atoms with E-state index in [-0.39, 0.29) is 5.91 Å². The van der Waals surface area contributed by atoms with Gasteiger partial charge in [0.15, 0.2) is 0 Å². The van der Waals surface area contributed by atoms with E-state index in [1.165, 1.54) is 11.1 Å². The molecule has 166 valence electrons. The molecule has 0 aliphatic carbocycles. The molecule has 0 N–H and O–H groups in total. The number of pyridine rings is 1. The van der Waals surface area contributed by atoms with Gasteiger partial charge in [-0.3, -0.25) is 14.7 Å². The molecular formula is C27H31N3O2. The minimum atomic E-state index is 0.0877. The fourth-order valence-electron chi connectivity index (χ4n) is 3.90. The molecule has 2 aromatic carbocycles. The van der Waals surface area contributed by atoms with Gasteiger partial charge in [0.2, 0.25) is 0 Å². The van der Waals surface area contributed by atoms with Crippen molar-refractivity contribution in [1.82, 2.24) is 14.8 Å². The highest BCUT2D eigenvalue weighted by Crippen LogP contribution is 2.18. The highest BCUT2D eigenvalue weighted by Gasteiger charge is 2.22. The Balaban J connectivity index is 1.25. The Hall–Kier alpha value is -3.18. The Morgan fingerprint density at radius 1 is 0.938 bits per heavy atom. The Labute approximate surface area is 190 Å². The van der Waals surface area contributed by atoms with Crippen LogP contribution in [-0.2, 0) is 13.2 Å². The fraction of sp³-hybridized carbons (Fsp3) is 0.333. The highest BCUT2D eigenvalue weighted by molar-refractivity contribution is 5.94. The third-order valence-electron chi connectivity index (χ3n) is 5.94. The molecule has 0 bridgehead atoms. The zero-order chi connectivity index (χ0) is 22.3. The summed E-state index contributed by atoms with van der Waals surface area (Å²) in [5.41, 5.74) is 4.42. The first-order chi connectivity index (χ1) is 15.6. The van der Waals surface area contributed by atoms with Gasteiger partial charge in [-0.25, -0.2) is 0 Å². The van der Waals surface area contributed by atoms with Crippen LogP contribution in [0.3, 0.4) is 0 Å². The van der Waals surface area contributed by atoms with Gasteiger partial charge < -0.3 is 9.64 Å². The lowest BCUT2D eigenvalue weighted by molar-refractivity contribution is 0.0628. The maximum atomic E-state index is 12.9. The molecule has 3 aromatic rings. The molecule has 1 saturated heterocycles. The van der Waals surface area contributed by atoms with Crippen molar-refractivity contribution in [2.75, 3.05) is 26.2 Å².